The van der Waals surface area contributed by atoms with Gasteiger partial charge in [0.05, 0.1) is 0 Å². The molecule has 2 aromatic rings. The minimum Gasteiger partial charge on any atom is -0.341 e. The molecule has 2 aromatic carbocycles. The number of thioether (sulfide) groups is 1. The van der Waals surface area contributed by atoms with Gasteiger partial charge in [-0.15, -0.1) is 11.8 Å². The Balaban J connectivity index is 1.92. The number of nitrogens with one attached hydrogen (secondary N) is 2. The summed E-state index contributed by atoms with van der Waals surface area (Å²) in [7, 11) is 0. The van der Waals surface area contributed by atoms with Crippen molar-refractivity contribution in [2.24, 2.45) is 0 Å². The highest BCUT2D eigenvalue weighted by atomic mass is 32.2. The van der Waals surface area contributed by atoms with Crippen molar-refractivity contribution >= 4 is 29.3 Å². The van der Waals surface area contributed by atoms with Crippen LogP contribution in [0.4, 0.5) is 5.69 Å². The van der Waals surface area contributed by atoms with E-state index in [9.17, 15) is 9.59 Å². The number of benzene rings is 2. The van der Waals surface area contributed by atoms with Gasteiger partial charge in [0.25, 0.3) is 5.91 Å². The molecule has 0 aliphatic heterocycles. The molecular formula is C17H18N2O2S. The van der Waals surface area contributed by atoms with Gasteiger partial charge in [-0.25, -0.2) is 0 Å². The van der Waals surface area contributed by atoms with Gasteiger partial charge >= 0.3 is 0 Å². The lowest BCUT2D eigenvalue weighted by Crippen LogP contribution is -2.41. The van der Waals surface area contributed by atoms with Gasteiger partial charge in [0.1, 0.15) is 6.04 Å². The molecule has 114 valence electrons. The maximum atomic E-state index is 12.1. The molecule has 0 aromatic heterocycles. The monoisotopic (exact) mass is 314 g/mol. The molecular weight excluding hydrogens is 296 g/mol. The first-order chi connectivity index (χ1) is 10.6. The predicted octanol–water partition coefficient (Wildman–Crippen LogP) is 3.17. The molecule has 0 aliphatic rings. The maximum absolute atomic E-state index is 12.1. The molecule has 2 amide bonds. The van der Waals surface area contributed by atoms with Crippen LogP contribution < -0.4 is 10.6 Å². The summed E-state index contributed by atoms with van der Waals surface area (Å²) < 4.78 is 0. The summed E-state index contributed by atoms with van der Waals surface area (Å²) in [4.78, 5) is 25.2. The van der Waals surface area contributed by atoms with Gasteiger partial charge in [-0.2, -0.15) is 0 Å². The first-order valence-electron chi connectivity index (χ1n) is 6.91. The van der Waals surface area contributed by atoms with E-state index in [1.165, 1.54) is 0 Å². The Labute approximate surface area is 134 Å². The summed E-state index contributed by atoms with van der Waals surface area (Å²) in [6, 6.07) is 15.8. The summed E-state index contributed by atoms with van der Waals surface area (Å²) in [5.74, 6) is -0.512. The third kappa shape index (κ3) is 4.36. The third-order valence-corrected chi connectivity index (χ3v) is 3.88. The standard InChI is InChI=1S/C17H18N2O2S/c1-12(18-17(21)13-6-4-3-5-7-13)16(20)19-14-8-10-15(22-2)11-9-14/h3-12H,1-2H3,(H,18,21)(H,19,20)/t12-/m0/s1. The lowest BCUT2D eigenvalue weighted by atomic mass is 10.2. The number of rotatable bonds is 5. The molecule has 2 rings (SSSR count). The Morgan fingerprint density at radius 1 is 1.00 bits per heavy atom. The molecule has 4 nitrogen and oxygen atoms in total. The Morgan fingerprint density at radius 3 is 2.23 bits per heavy atom. The van der Waals surface area contributed by atoms with Gasteiger partial charge in [-0.1, -0.05) is 18.2 Å². The van der Waals surface area contributed by atoms with Crippen molar-refractivity contribution < 1.29 is 9.59 Å². The van der Waals surface area contributed by atoms with E-state index in [4.69, 9.17) is 0 Å². The van der Waals surface area contributed by atoms with E-state index in [-0.39, 0.29) is 11.8 Å². The van der Waals surface area contributed by atoms with Crippen LogP contribution in [0.25, 0.3) is 0 Å². The van der Waals surface area contributed by atoms with Crippen LogP contribution in [0.15, 0.2) is 59.5 Å². The van der Waals surface area contributed by atoms with E-state index < -0.39 is 6.04 Å². The summed E-state index contributed by atoms with van der Waals surface area (Å²) >= 11 is 1.64. The highest BCUT2D eigenvalue weighted by Crippen LogP contribution is 2.17. The van der Waals surface area contributed by atoms with Crippen molar-refractivity contribution in [2.45, 2.75) is 17.9 Å². The largest absolute Gasteiger partial charge is 0.341 e. The summed E-state index contributed by atoms with van der Waals surface area (Å²) in [5, 5.41) is 5.47. The van der Waals surface area contributed by atoms with Gasteiger partial charge in [0, 0.05) is 16.1 Å². The van der Waals surface area contributed by atoms with E-state index in [1.54, 1.807) is 43.0 Å². The summed E-state index contributed by atoms with van der Waals surface area (Å²) in [6.45, 7) is 1.66. The second-order valence-corrected chi connectivity index (χ2v) is 5.66. The minimum atomic E-state index is -0.618. The van der Waals surface area contributed by atoms with E-state index >= 15 is 0 Å². The first-order valence-corrected chi connectivity index (χ1v) is 8.13. The number of carbonyl (C=O) groups is 2. The van der Waals surface area contributed by atoms with Gasteiger partial charge < -0.3 is 10.6 Å². The van der Waals surface area contributed by atoms with Crippen LogP contribution in [0.2, 0.25) is 0 Å². The van der Waals surface area contributed by atoms with Gasteiger partial charge in [-0.3, -0.25) is 9.59 Å². The molecule has 0 spiro atoms. The fourth-order valence-electron chi connectivity index (χ4n) is 1.86. The third-order valence-electron chi connectivity index (χ3n) is 3.13. The normalized spacial score (nSPS) is 11.5. The zero-order valence-electron chi connectivity index (χ0n) is 12.5. The summed E-state index contributed by atoms with van der Waals surface area (Å²) in [6.07, 6.45) is 1.99. The molecule has 0 saturated carbocycles. The van der Waals surface area contributed by atoms with Crippen LogP contribution in [0.5, 0.6) is 0 Å². The SMILES string of the molecule is CSc1ccc(NC(=O)[C@H](C)NC(=O)c2ccccc2)cc1. The highest BCUT2D eigenvalue weighted by molar-refractivity contribution is 7.98. The average Bonchev–Trinajstić information content (AvgIpc) is 2.56. The van der Waals surface area contributed by atoms with Crippen molar-refractivity contribution in [1.29, 1.82) is 0 Å². The van der Waals surface area contributed by atoms with E-state index in [2.05, 4.69) is 10.6 Å². The highest BCUT2D eigenvalue weighted by Gasteiger charge is 2.16. The Kier molecular flexibility index (Phi) is 5.61. The smallest absolute Gasteiger partial charge is 0.251 e. The second kappa shape index (κ2) is 7.66. The lowest BCUT2D eigenvalue weighted by Gasteiger charge is -2.14. The molecule has 22 heavy (non-hydrogen) atoms. The molecule has 0 unspecified atom stereocenters. The van der Waals surface area contributed by atoms with Crippen LogP contribution in [0.1, 0.15) is 17.3 Å². The van der Waals surface area contributed by atoms with Crippen LogP contribution >= 0.6 is 11.8 Å². The summed E-state index contributed by atoms with van der Waals surface area (Å²) in [5.41, 5.74) is 1.25. The number of anilines is 1. The Bertz CT molecular complexity index is 641. The van der Waals surface area contributed by atoms with Crippen LogP contribution in [-0.2, 0) is 4.79 Å². The minimum absolute atomic E-state index is 0.249. The van der Waals surface area contributed by atoms with Crippen molar-refractivity contribution in [3.8, 4) is 0 Å². The van der Waals surface area contributed by atoms with E-state index in [0.717, 1.165) is 4.90 Å². The molecule has 0 aliphatic carbocycles. The fourth-order valence-corrected chi connectivity index (χ4v) is 2.27. The predicted molar refractivity (Wildman–Crippen MR) is 90.2 cm³/mol. The van der Waals surface area contributed by atoms with Gasteiger partial charge in [0.2, 0.25) is 5.91 Å². The maximum Gasteiger partial charge on any atom is 0.251 e. The molecule has 5 heteroatoms. The topological polar surface area (TPSA) is 58.2 Å². The number of hydrogen-bond acceptors (Lipinski definition) is 3. The van der Waals surface area contributed by atoms with Crippen LogP contribution in [-0.4, -0.2) is 24.1 Å². The Morgan fingerprint density at radius 2 is 1.64 bits per heavy atom. The molecule has 0 saturated heterocycles. The fraction of sp³-hybridized carbons (Fsp3) is 0.176. The molecule has 2 N–H and O–H groups in total. The van der Waals surface area contributed by atoms with Crippen LogP contribution in [0.3, 0.4) is 0 Å². The van der Waals surface area contributed by atoms with Crippen molar-refractivity contribution in [3.63, 3.8) is 0 Å². The second-order valence-electron chi connectivity index (χ2n) is 4.78. The van der Waals surface area contributed by atoms with Crippen molar-refractivity contribution in [1.82, 2.24) is 5.32 Å². The average molecular weight is 314 g/mol. The van der Waals surface area contributed by atoms with Gasteiger partial charge in [0.15, 0.2) is 0 Å². The molecule has 0 fully saturated rings. The van der Waals surface area contributed by atoms with E-state index in [1.807, 2.05) is 36.6 Å². The van der Waals surface area contributed by atoms with Gasteiger partial charge in [-0.05, 0) is 49.6 Å². The molecule has 0 bridgehead atoms. The quantitative estimate of drug-likeness (QED) is 0.834. The lowest BCUT2D eigenvalue weighted by molar-refractivity contribution is -0.117. The number of carbonyl (C=O) groups excluding carboxylic acids is 2. The first kappa shape index (κ1) is 16.1. The molecule has 1 atom stereocenters. The molecule has 0 radical (unpaired) electrons. The van der Waals surface area contributed by atoms with Crippen molar-refractivity contribution in [3.05, 3.63) is 60.2 Å². The Hall–Kier alpha value is -2.27. The molecule has 0 heterocycles. The number of hydrogen-bond donors (Lipinski definition) is 2. The number of amides is 2. The zero-order valence-corrected chi connectivity index (χ0v) is 13.3. The van der Waals surface area contributed by atoms with Crippen LogP contribution in [0, 0.1) is 0 Å². The van der Waals surface area contributed by atoms with Crippen molar-refractivity contribution in [2.75, 3.05) is 11.6 Å². The van der Waals surface area contributed by atoms with E-state index in [0.29, 0.717) is 11.3 Å². The zero-order chi connectivity index (χ0) is 15.9.